The summed E-state index contributed by atoms with van der Waals surface area (Å²) in [6.07, 6.45) is -1.09. The molecule has 0 aliphatic carbocycles. The zero-order valence-corrected chi connectivity index (χ0v) is 15.2. The number of aliphatic carboxylic acids is 1. The number of carboxylic acid groups (broad SMARTS) is 1. The van der Waals surface area contributed by atoms with Gasteiger partial charge in [-0.1, -0.05) is 20.8 Å². The van der Waals surface area contributed by atoms with Crippen molar-refractivity contribution in [3.63, 3.8) is 0 Å². The number of carboxylic acids is 1. The number of rotatable bonds is 7. The summed E-state index contributed by atoms with van der Waals surface area (Å²) in [5.74, 6) is -2.24. The standard InChI is InChI=1S/C8H16NO7P.C2H6.Na/c1-2-6(8(11)12)9(13)7(10)4-3-5-17(14,15)16;1-2;/h6,13H,2-5H2,1H3,(H,11,12)(H2,14,15,16);1-2H3;/q;;+1/p-1. The van der Waals surface area contributed by atoms with E-state index in [4.69, 9.17) is 10.00 Å². The van der Waals surface area contributed by atoms with Crippen molar-refractivity contribution in [1.82, 2.24) is 5.06 Å². The summed E-state index contributed by atoms with van der Waals surface area (Å²) >= 11 is 0. The van der Waals surface area contributed by atoms with Crippen LogP contribution in [0.15, 0.2) is 0 Å². The summed E-state index contributed by atoms with van der Waals surface area (Å²) in [6.45, 7) is 5.48. The van der Waals surface area contributed by atoms with Crippen molar-refractivity contribution in [2.24, 2.45) is 0 Å². The summed E-state index contributed by atoms with van der Waals surface area (Å²) in [5, 5.41) is 18.0. The smallest absolute Gasteiger partial charge is 0.779 e. The Kier molecular flexibility index (Phi) is 16.0. The molecule has 20 heavy (non-hydrogen) atoms. The Hall–Kier alpha value is 0.0500. The van der Waals surface area contributed by atoms with E-state index in [2.05, 4.69) is 0 Å². The molecule has 0 aliphatic rings. The SMILES string of the molecule is CC.CCC(C(=O)O)N(O)C(=O)CCCP(=O)([O-])O.[Na+]. The van der Waals surface area contributed by atoms with E-state index >= 15 is 0 Å². The first-order valence-corrected chi connectivity index (χ1v) is 7.72. The Morgan fingerprint density at radius 1 is 1.35 bits per heavy atom. The van der Waals surface area contributed by atoms with E-state index in [1.807, 2.05) is 13.8 Å². The molecule has 0 aromatic rings. The van der Waals surface area contributed by atoms with E-state index in [0.29, 0.717) is 0 Å². The van der Waals surface area contributed by atoms with E-state index in [1.54, 1.807) is 0 Å². The molecule has 0 aromatic carbocycles. The third-order valence-corrected chi connectivity index (χ3v) is 2.94. The van der Waals surface area contributed by atoms with Crippen LogP contribution in [0.3, 0.4) is 0 Å². The van der Waals surface area contributed by atoms with Crippen molar-refractivity contribution in [2.45, 2.75) is 46.1 Å². The molecule has 0 aliphatic heterocycles. The minimum Gasteiger partial charge on any atom is -0.779 e. The molecular weight excluding hydrogens is 300 g/mol. The number of amides is 1. The van der Waals surface area contributed by atoms with Crippen LogP contribution >= 0.6 is 7.60 Å². The number of hydrogen-bond donors (Lipinski definition) is 3. The van der Waals surface area contributed by atoms with Gasteiger partial charge in [0, 0.05) is 12.6 Å². The van der Waals surface area contributed by atoms with Gasteiger partial charge in [0.15, 0.2) is 6.04 Å². The van der Waals surface area contributed by atoms with Gasteiger partial charge in [-0.2, -0.15) is 0 Å². The fourth-order valence-electron chi connectivity index (χ4n) is 1.17. The molecule has 3 N–H and O–H groups in total. The quantitative estimate of drug-likeness (QED) is 0.203. The van der Waals surface area contributed by atoms with Gasteiger partial charge in [-0.25, -0.2) is 9.86 Å². The van der Waals surface area contributed by atoms with Gasteiger partial charge >= 0.3 is 35.5 Å². The molecule has 8 nitrogen and oxygen atoms in total. The second-order valence-corrected chi connectivity index (χ2v) is 5.19. The maximum absolute atomic E-state index is 11.3. The van der Waals surface area contributed by atoms with Crippen LogP contribution in [0.25, 0.3) is 0 Å². The predicted molar refractivity (Wildman–Crippen MR) is 65.6 cm³/mol. The third-order valence-electron chi connectivity index (χ3n) is 2.05. The van der Waals surface area contributed by atoms with Gasteiger partial charge in [0.1, 0.15) is 7.60 Å². The third kappa shape index (κ3) is 11.8. The average Bonchev–Trinajstić information content (AvgIpc) is 2.30. The summed E-state index contributed by atoms with van der Waals surface area (Å²) in [5.41, 5.74) is 0. The number of nitrogens with zero attached hydrogens (tertiary/aromatic N) is 1. The minimum atomic E-state index is -4.42. The van der Waals surface area contributed by atoms with E-state index in [9.17, 15) is 24.3 Å². The Morgan fingerprint density at radius 3 is 2.10 bits per heavy atom. The predicted octanol–water partition coefficient (Wildman–Crippen LogP) is -2.58. The molecule has 10 heteroatoms. The van der Waals surface area contributed by atoms with Crippen molar-refractivity contribution < 1.29 is 63.8 Å². The van der Waals surface area contributed by atoms with Gasteiger partial charge < -0.3 is 19.5 Å². The van der Waals surface area contributed by atoms with E-state index in [1.165, 1.54) is 6.92 Å². The van der Waals surface area contributed by atoms with Crippen molar-refractivity contribution in [3.05, 3.63) is 0 Å². The summed E-state index contributed by atoms with van der Waals surface area (Å²) in [4.78, 5) is 40.7. The first kappa shape index (κ1) is 25.0. The second kappa shape index (κ2) is 12.8. The van der Waals surface area contributed by atoms with Crippen LogP contribution in [0, 0.1) is 0 Å². The van der Waals surface area contributed by atoms with Crippen LogP contribution in [-0.4, -0.2) is 44.4 Å². The van der Waals surface area contributed by atoms with E-state index < -0.39 is 31.7 Å². The van der Waals surface area contributed by atoms with Gasteiger partial charge in [0.2, 0.25) is 5.91 Å². The molecule has 0 heterocycles. The van der Waals surface area contributed by atoms with E-state index in [0.717, 1.165) is 0 Å². The number of hydrogen-bond acceptors (Lipinski definition) is 5. The zero-order chi connectivity index (χ0) is 15.6. The molecule has 114 valence electrons. The van der Waals surface area contributed by atoms with Crippen LogP contribution in [0.5, 0.6) is 0 Å². The molecule has 0 spiro atoms. The zero-order valence-electron chi connectivity index (χ0n) is 12.3. The Bertz CT molecular complexity index is 334. The van der Waals surface area contributed by atoms with Crippen molar-refractivity contribution in [1.29, 1.82) is 0 Å². The molecule has 0 saturated heterocycles. The molecule has 0 radical (unpaired) electrons. The molecule has 0 fully saturated rings. The minimum absolute atomic E-state index is 0. The van der Waals surface area contributed by atoms with Crippen LogP contribution in [0.1, 0.15) is 40.0 Å². The Morgan fingerprint density at radius 2 is 1.80 bits per heavy atom. The van der Waals surface area contributed by atoms with E-state index in [-0.39, 0.29) is 53.9 Å². The van der Waals surface area contributed by atoms with Crippen LogP contribution in [0.4, 0.5) is 0 Å². The first-order valence-electron chi connectivity index (χ1n) is 5.95. The summed E-state index contributed by atoms with van der Waals surface area (Å²) in [6, 6.07) is -1.35. The topological polar surface area (TPSA) is 138 Å². The number of carbonyl (C=O) groups is 2. The molecule has 2 unspecified atom stereocenters. The maximum atomic E-state index is 11.3. The summed E-state index contributed by atoms with van der Waals surface area (Å²) < 4.78 is 10.4. The molecule has 0 bridgehead atoms. The monoisotopic (exact) mass is 321 g/mol. The van der Waals surface area contributed by atoms with Gasteiger partial charge in [0.05, 0.1) is 0 Å². The number of carbonyl (C=O) groups excluding carboxylic acids is 1. The molecule has 1 amide bonds. The fraction of sp³-hybridized carbons (Fsp3) is 0.800. The van der Waals surface area contributed by atoms with Crippen molar-refractivity contribution >= 4 is 19.5 Å². The Balaban J connectivity index is -0.000000916. The van der Waals surface area contributed by atoms with Crippen molar-refractivity contribution in [2.75, 3.05) is 6.16 Å². The fourth-order valence-corrected chi connectivity index (χ4v) is 1.73. The maximum Gasteiger partial charge on any atom is 1.00 e. The van der Waals surface area contributed by atoms with Gasteiger partial charge in [-0.15, -0.1) is 0 Å². The number of hydroxylamine groups is 2. The average molecular weight is 321 g/mol. The molecule has 2 atom stereocenters. The largest absolute Gasteiger partial charge is 1.00 e. The van der Waals surface area contributed by atoms with Crippen LogP contribution < -0.4 is 34.5 Å². The normalized spacial score (nSPS) is 13.9. The second-order valence-electron chi connectivity index (χ2n) is 3.47. The van der Waals surface area contributed by atoms with Gasteiger partial charge in [0.25, 0.3) is 0 Å². The molecule has 0 aromatic heterocycles. The Labute approximate surface area is 140 Å². The van der Waals surface area contributed by atoms with Gasteiger partial charge in [-0.3, -0.25) is 10.0 Å². The van der Waals surface area contributed by atoms with Gasteiger partial charge in [-0.05, 0) is 12.8 Å². The van der Waals surface area contributed by atoms with Crippen molar-refractivity contribution in [3.8, 4) is 0 Å². The van der Waals surface area contributed by atoms with Crippen LogP contribution in [-0.2, 0) is 14.2 Å². The molecule has 0 rings (SSSR count). The summed E-state index contributed by atoms with van der Waals surface area (Å²) in [7, 11) is -4.42. The first-order chi connectivity index (χ1) is 8.69. The van der Waals surface area contributed by atoms with Crippen LogP contribution in [0.2, 0.25) is 0 Å². The molecular formula is C10H21NNaO7P. The molecule has 0 saturated carbocycles.